The van der Waals surface area contributed by atoms with E-state index in [2.05, 4.69) is 15.3 Å². The lowest BCUT2D eigenvalue weighted by molar-refractivity contribution is 0.0698. The maximum Gasteiger partial charge on any atom is 0.336 e. The molecule has 0 aliphatic carbocycles. The standard InChI is InChI=1S/C21H16N4O4/c1-12-18(20(27)25(24-12)13-7-3-2-4-8-13)22-23-19-15-10-6-5-9-14(15)16(21(28)29)11-17(19)26/h2-11,26-27H,1H3,(H,28,29). The number of carboxylic acid groups (broad SMARTS) is 1. The number of carboxylic acids is 1. The Bertz CT molecular complexity index is 1260. The second-order valence-corrected chi connectivity index (χ2v) is 6.35. The van der Waals surface area contributed by atoms with Gasteiger partial charge in [-0.2, -0.15) is 9.78 Å². The minimum atomic E-state index is -1.15. The third-order valence-electron chi connectivity index (χ3n) is 4.48. The van der Waals surface area contributed by atoms with Crippen LogP contribution in [0.2, 0.25) is 0 Å². The molecule has 4 aromatic rings. The fourth-order valence-corrected chi connectivity index (χ4v) is 3.10. The van der Waals surface area contributed by atoms with E-state index in [-0.39, 0.29) is 28.6 Å². The van der Waals surface area contributed by atoms with Crippen LogP contribution in [0.1, 0.15) is 16.1 Å². The highest BCUT2D eigenvalue weighted by Gasteiger charge is 2.18. The van der Waals surface area contributed by atoms with Crippen LogP contribution in [-0.4, -0.2) is 31.1 Å². The van der Waals surface area contributed by atoms with Crippen LogP contribution in [0.25, 0.3) is 16.5 Å². The number of aryl methyl sites for hydroxylation is 1. The van der Waals surface area contributed by atoms with Crippen molar-refractivity contribution in [2.24, 2.45) is 10.2 Å². The number of azo groups is 1. The highest BCUT2D eigenvalue weighted by molar-refractivity contribution is 6.08. The van der Waals surface area contributed by atoms with Gasteiger partial charge in [0.25, 0.3) is 0 Å². The molecule has 1 heterocycles. The van der Waals surface area contributed by atoms with Crippen molar-refractivity contribution in [3.63, 3.8) is 0 Å². The van der Waals surface area contributed by atoms with Gasteiger partial charge in [0.1, 0.15) is 11.4 Å². The number of phenols is 1. The van der Waals surface area contributed by atoms with Crippen molar-refractivity contribution in [3.8, 4) is 17.3 Å². The Kier molecular flexibility index (Phi) is 4.44. The first-order valence-corrected chi connectivity index (χ1v) is 8.71. The quantitative estimate of drug-likeness (QED) is 0.431. The minimum absolute atomic E-state index is 0.0343. The molecule has 0 atom stereocenters. The lowest BCUT2D eigenvalue weighted by atomic mass is 10.0. The lowest BCUT2D eigenvalue weighted by Crippen LogP contribution is -1.97. The second-order valence-electron chi connectivity index (χ2n) is 6.35. The van der Waals surface area contributed by atoms with Gasteiger partial charge in [0.05, 0.1) is 16.9 Å². The molecule has 0 aliphatic rings. The number of fused-ring (bicyclic) bond motifs is 1. The molecule has 0 saturated carbocycles. The summed E-state index contributed by atoms with van der Waals surface area (Å²) in [5.74, 6) is -1.67. The Hall–Kier alpha value is -4.20. The Labute approximate surface area is 165 Å². The molecular weight excluding hydrogens is 372 g/mol. The van der Waals surface area contributed by atoms with E-state index in [1.165, 1.54) is 4.68 Å². The van der Waals surface area contributed by atoms with E-state index in [0.717, 1.165) is 6.07 Å². The largest absolute Gasteiger partial charge is 0.506 e. The number of phenolic OH excluding ortho intramolecular Hbond substituents is 1. The zero-order valence-corrected chi connectivity index (χ0v) is 15.3. The Morgan fingerprint density at radius 1 is 0.931 bits per heavy atom. The summed E-state index contributed by atoms with van der Waals surface area (Å²) in [7, 11) is 0. The van der Waals surface area contributed by atoms with Crippen molar-refractivity contribution in [2.45, 2.75) is 6.92 Å². The molecule has 0 spiro atoms. The molecule has 0 saturated heterocycles. The van der Waals surface area contributed by atoms with Crippen LogP contribution in [0, 0.1) is 6.92 Å². The molecule has 8 heteroatoms. The number of para-hydroxylation sites is 1. The fraction of sp³-hybridized carbons (Fsp3) is 0.0476. The van der Waals surface area contributed by atoms with E-state index < -0.39 is 5.97 Å². The lowest BCUT2D eigenvalue weighted by Gasteiger charge is -2.07. The summed E-state index contributed by atoms with van der Waals surface area (Å²) in [4.78, 5) is 11.5. The van der Waals surface area contributed by atoms with E-state index in [9.17, 15) is 20.1 Å². The van der Waals surface area contributed by atoms with Crippen LogP contribution in [0.4, 0.5) is 11.4 Å². The summed E-state index contributed by atoms with van der Waals surface area (Å²) in [5, 5.41) is 43.6. The Morgan fingerprint density at radius 2 is 1.55 bits per heavy atom. The van der Waals surface area contributed by atoms with Crippen LogP contribution in [-0.2, 0) is 0 Å². The zero-order valence-electron chi connectivity index (χ0n) is 15.3. The fourth-order valence-electron chi connectivity index (χ4n) is 3.10. The first kappa shape index (κ1) is 18.2. The Morgan fingerprint density at radius 3 is 2.24 bits per heavy atom. The molecule has 0 unspecified atom stereocenters. The number of aromatic hydroxyl groups is 2. The van der Waals surface area contributed by atoms with Gasteiger partial charge in [0.2, 0.25) is 5.88 Å². The highest BCUT2D eigenvalue weighted by Crippen LogP contribution is 2.40. The van der Waals surface area contributed by atoms with E-state index in [1.54, 1.807) is 43.3 Å². The smallest absolute Gasteiger partial charge is 0.336 e. The zero-order chi connectivity index (χ0) is 20.5. The van der Waals surface area contributed by atoms with Gasteiger partial charge in [0.15, 0.2) is 5.69 Å². The van der Waals surface area contributed by atoms with Crippen molar-refractivity contribution < 1.29 is 20.1 Å². The molecule has 3 N–H and O–H groups in total. The van der Waals surface area contributed by atoms with Crippen LogP contribution in [0.15, 0.2) is 70.9 Å². The number of nitrogens with zero attached hydrogens (tertiary/aromatic N) is 4. The van der Waals surface area contributed by atoms with E-state index in [0.29, 0.717) is 22.2 Å². The summed E-state index contributed by atoms with van der Waals surface area (Å²) in [5.41, 5.74) is 1.33. The van der Waals surface area contributed by atoms with Crippen LogP contribution >= 0.6 is 0 Å². The van der Waals surface area contributed by atoms with E-state index in [4.69, 9.17) is 0 Å². The molecule has 29 heavy (non-hydrogen) atoms. The number of carbonyl (C=O) groups is 1. The molecule has 3 aromatic carbocycles. The molecule has 0 radical (unpaired) electrons. The van der Waals surface area contributed by atoms with Crippen molar-refractivity contribution >= 4 is 28.1 Å². The number of benzene rings is 3. The third-order valence-corrected chi connectivity index (χ3v) is 4.48. The van der Waals surface area contributed by atoms with Crippen molar-refractivity contribution in [1.82, 2.24) is 9.78 Å². The summed E-state index contributed by atoms with van der Waals surface area (Å²) >= 11 is 0. The van der Waals surface area contributed by atoms with Gasteiger partial charge >= 0.3 is 5.97 Å². The minimum Gasteiger partial charge on any atom is -0.506 e. The second kappa shape index (κ2) is 7.08. The van der Waals surface area contributed by atoms with Gasteiger partial charge in [0, 0.05) is 5.39 Å². The van der Waals surface area contributed by atoms with E-state index in [1.807, 2.05) is 18.2 Å². The summed E-state index contributed by atoms with van der Waals surface area (Å²) in [6, 6.07) is 16.9. The molecule has 0 amide bonds. The van der Waals surface area contributed by atoms with Crippen molar-refractivity contribution in [1.29, 1.82) is 0 Å². The van der Waals surface area contributed by atoms with Crippen LogP contribution < -0.4 is 0 Å². The molecule has 0 bridgehead atoms. The monoisotopic (exact) mass is 388 g/mol. The number of hydrogen-bond donors (Lipinski definition) is 3. The Balaban J connectivity index is 1.83. The van der Waals surface area contributed by atoms with Gasteiger partial charge < -0.3 is 15.3 Å². The normalized spacial score (nSPS) is 11.3. The average molecular weight is 388 g/mol. The summed E-state index contributed by atoms with van der Waals surface area (Å²) in [6.07, 6.45) is 0. The summed E-state index contributed by atoms with van der Waals surface area (Å²) in [6.45, 7) is 1.68. The first-order chi connectivity index (χ1) is 14.0. The number of aromatic nitrogens is 2. The highest BCUT2D eigenvalue weighted by atomic mass is 16.4. The van der Waals surface area contributed by atoms with Crippen molar-refractivity contribution in [2.75, 3.05) is 0 Å². The molecule has 4 rings (SSSR count). The third kappa shape index (κ3) is 3.16. The number of hydrogen-bond acceptors (Lipinski definition) is 6. The van der Waals surface area contributed by atoms with Gasteiger partial charge in [-0.25, -0.2) is 4.79 Å². The van der Waals surface area contributed by atoms with Crippen LogP contribution in [0.3, 0.4) is 0 Å². The summed E-state index contributed by atoms with van der Waals surface area (Å²) < 4.78 is 1.34. The van der Waals surface area contributed by atoms with Crippen LogP contribution in [0.5, 0.6) is 11.6 Å². The first-order valence-electron chi connectivity index (χ1n) is 8.71. The SMILES string of the molecule is Cc1nn(-c2ccccc2)c(O)c1N=Nc1c(O)cc(C(=O)O)c2ccccc12. The molecule has 1 aromatic heterocycles. The van der Waals surface area contributed by atoms with E-state index >= 15 is 0 Å². The van der Waals surface area contributed by atoms with Gasteiger partial charge in [-0.15, -0.1) is 10.2 Å². The van der Waals surface area contributed by atoms with Gasteiger partial charge in [-0.3, -0.25) is 0 Å². The predicted octanol–water partition coefficient (Wildman–Crippen LogP) is 4.86. The van der Waals surface area contributed by atoms with Gasteiger partial charge in [-0.05, 0) is 30.5 Å². The number of rotatable bonds is 4. The van der Waals surface area contributed by atoms with Gasteiger partial charge in [-0.1, -0.05) is 42.5 Å². The number of aromatic carboxylic acids is 1. The van der Waals surface area contributed by atoms with Crippen molar-refractivity contribution in [3.05, 3.63) is 71.9 Å². The molecular formula is C21H16N4O4. The maximum atomic E-state index is 11.5. The predicted molar refractivity (Wildman–Crippen MR) is 107 cm³/mol. The molecule has 144 valence electrons. The molecule has 0 aliphatic heterocycles. The maximum absolute atomic E-state index is 11.5. The average Bonchev–Trinajstić information content (AvgIpc) is 3.01. The topological polar surface area (TPSA) is 120 Å². The molecule has 8 nitrogen and oxygen atoms in total. The molecule has 0 fully saturated rings.